The summed E-state index contributed by atoms with van der Waals surface area (Å²) < 4.78 is 0. The molecule has 2 amide bonds. The van der Waals surface area contributed by atoms with E-state index in [4.69, 9.17) is 0 Å². The van der Waals surface area contributed by atoms with Crippen molar-refractivity contribution in [3.8, 4) is 0 Å². The van der Waals surface area contributed by atoms with Crippen LogP contribution in [-0.2, 0) is 16.0 Å². The number of aliphatic hydroxyl groups is 1. The number of nitrogens with zero attached hydrogens (tertiary/aromatic N) is 2. The van der Waals surface area contributed by atoms with E-state index in [2.05, 4.69) is 10.4 Å². The minimum atomic E-state index is -0.370. The molecule has 0 saturated carbocycles. The summed E-state index contributed by atoms with van der Waals surface area (Å²) >= 11 is 0. The molecule has 21 heavy (non-hydrogen) atoms. The van der Waals surface area contributed by atoms with Crippen LogP contribution in [0.25, 0.3) is 0 Å². The van der Waals surface area contributed by atoms with Crippen molar-refractivity contribution >= 4 is 17.5 Å². The molecular weight excluding hydrogens is 270 g/mol. The smallest absolute Gasteiger partial charge is 0.267 e. The molecule has 1 aliphatic heterocycles. The molecule has 6 nitrogen and oxygen atoms in total. The second kappa shape index (κ2) is 6.99. The number of benzene rings is 1. The van der Waals surface area contributed by atoms with Crippen LogP contribution in [0.1, 0.15) is 18.4 Å². The van der Waals surface area contributed by atoms with Crippen molar-refractivity contribution in [1.29, 1.82) is 0 Å². The Hall–Kier alpha value is -2.21. The van der Waals surface area contributed by atoms with Crippen LogP contribution in [0.3, 0.4) is 0 Å². The topological polar surface area (TPSA) is 82.0 Å². The first-order valence-electron chi connectivity index (χ1n) is 6.90. The summed E-state index contributed by atoms with van der Waals surface area (Å²) in [5.41, 5.74) is 1.36. The Kier molecular flexibility index (Phi) is 5.05. The van der Waals surface area contributed by atoms with Gasteiger partial charge in [0.25, 0.3) is 5.91 Å². The number of amides is 2. The van der Waals surface area contributed by atoms with E-state index < -0.39 is 0 Å². The van der Waals surface area contributed by atoms with E-state index in [0.29, 0.717) is 18.6 Å². The third kappa shape index (κ3) is 4.13. The first-order valence-corrected chi connectivity index (χ1v) is 6.90. The molecule has 112 valence electrons. The summed E-state index contributed by atoms with van der Waals surface area (Å²) in [5, 5.41) is 17.3. The van der Waals surface area contributed by atoms with Gasteiger partial charge in [-0.2, -0.15) is 5.10 Å². The number of hydrogen-bond donors (Lipinski definition) is 2. The second-order valence-electron chi connectivity index (χ2n) is 5.01. The molecule has 2 rings (SSSR count). The van der Waals surface area contributed by atoms with E-state index in [9.17, 15) is 14.7 Å². The Balaban J connectivity index is 1.97. The number of rotatable bonds is 5. The Bertz CT molecular complexity index is 542. The van der Waals surface area contributed by atoms with Crippen LogP contribution in [0.2, 0.25) is 0 Å². The summed E-state index contributed by atoms with van der Waals surface area (Å²) in [6.45, 7) is -0.150. The summed E-state index contributed by atoms with van der Waals surface area (Å²) in [4.78, 5) is 23.4. The van der Waals surface area contributed by atoms with Crippen molar-refractivity contribution in [2.24, 2.45) is 5.10 Å². The lowest BCUT2D eigenvalue weighted by Crippen LogP contribution is -2.44. The van der Waals surface area contributed by atoms with Crippen molar-refractivity contribution in [2.75, 3.05) is 13.7 Å². The lowest BCUT2D eigenvalue weighted by Gasteiger charge is -2.21. The van der Waals surface area contributed by atoms with E-state index in [0.717, 1.165) is 5.56 Å². The number of hydrogen-bond acceptors (Lipinski definition) is 4. The van der Waals surface area contributed by atoms with Crippen LogP contribution in [0, 0.1) is 0 Å². The minimum absolute atomic E-state index is 0.102. The van der Waals surface area contributed by atoms with Crippen LogP contribution < -0.4 is 5.32 Å². The average Bonchev–Trinajstić information content (AvgIpc) is 2.50. The molecule has 0 bridgehead atoms. The van der Waals surface area contributed by atoms with Crippen LogP contribution in [-0.4, -0.2) is 47.3 Å². The van der Waals surface area contributed by atoms with E-state index in [1.54, 1.807) is 0 Å². The van der Waals surface area contributed by atoms with Crippen LogP contribution >= 0.6 is 0 Å². The fourth-order valence-corrected chi connectivity index (χ4v) is 2.16. The zero-order valence-corrected chi connectivity index (χ0v) is 12.0. The Morgan fingerprint density at radius 3 is 2.71 bits per heavy atom. The molecule has 1 heterocycles. The maximum absolute atomic E-state index is 12.1. The molecule has 0 unspecified atom stereocenters. The molecule has 0 aromatic heterocycles. The van der Waals surface area contributed by atoms with Gasteiger partial charge in [0.15, 0.2) is 0 Å². The molecule has 1 atom stereocenters. The Labute approximate surface area is 123 Å². The molecule has 2 N–H and O–H groups in total. The van der Waals surface area contributed by atoms with Gasteiger partial charge in [0.1, 0.15) is 5.71 Å². The lowest BCUT2D eigenvalue weighted by molar-refractivity contribution is -0.130. The first-order chi connectivity index (χ1) is 10.1. The van der Waals surface area contributed by atoms with Crippen LogP contribution in [0.5, 0.6) is 0 Å². The van der Waals surface area contributed by atoms with Gasteiger partial charge < -0.3 is 10.4 Å². The van der Waals surface area contributed by atoms with Gasteiger partial charge in [-0.25, -0.2) is 5.01 Å². The number of carbonyl (C=O) groups is 2. The highest BCUT2D eigenvalue weighted by molar-refractivity contribution is 6.39. The van der Waals surface area contributed by atoms with Crippen molar-refractivity contribution in [3.05, 3.63) is 35.9 Å². The highest BCUT2D eigenvalue weighted by Crippen LogP contribution is 2.08. The fraction of sp³-hybridized carbons (Fsp3) is 0.400. The number of aliphatic hydroxyl groups excluding tert-OH is 1. The second-order valence-corrected chi connectivity index (χ2v) is 5.01. The van der Waals surface area contributed by atoms with Crippen molar-refractivity contribution < 1.29 is 14.7 Å². The van der Waals surface area contributed by atoms with Crippen molar-refractivity contribution in [1.82, 2.24) is 10.3 Å². The molecule has 0 aliphatic carbocycles. The van der Waals surface area contributed by atoms with E-state index in [1.807, 2.05) is 30.3 Å². The van der Waals surface area contributed by atoms with Crippen molar-refractivity contribution in [3.63, 3.8) is 0 Å². The quantitative estimate of drug-likeness (QED) is 0.818. The predicted octanol–water partition coefficient (Wildman–Crippen LogP) is 0.314. The van der Waals surface area contributed by atoms with E-state index in [1.165, 1.54) is 12.1 Å². The van der Waals surface area contributed by atoms with Gasteiger partial charge in [0, 0.05) is 19.9 Å². The summed E-state index contributed by atoms with van der Waals surface area (Å²) in [7, 11) is 1.53. The van der Waals surface area contributed by atoms with Crippen molar-refractivity contribution in [2.45, 2.75) is 25.3 Å². The molecule has 1 aliphatic rings. The number of carbonyl (C=O) groups excluding carboxylic acids is 2. The molecule has 0 fully saturated rings. The van der Waals surface area contributed by atoms with Gasteiger partial charge in [-0.15, -0.1) is 0 Å². The van der Waals surface area contributed by atoms with Crippen LogP contribution in [0.4, 0.5) is 0 Å². The van der Waals surface area contributed by atoms with E-state index >= 15 is 0 Å². The van der Waals surface area contributed by atoms with Gasteiger partial charge in [0.2, 0.25) is 5.91 Å². The Morgan fingerprint density at radius 1 is 1.38 bits per heavy atom. The van der Waals surface area contributed by atoms with Crippen LogP contribution in [0.15, 0.2) is 35.4 Å². The number of hydrazone groups is 1. The average molecular weight is 289 g/mol. The molecular formula is C15H19N3O3. The normalized spacial score (nSPS) is 16.4. The largest absolute Gasteiger partial charge is 0.394 e. The van der Waals surface area contributed by atoms with Gasteiger partial charge in [0.05, 0.1) is 12.6 Å². The molecule has 6 heteroatoms. The Morgan fingerprint density at radius 2 is 2.10 bits per heavy atom. The third-order valence-corrected chi connectivity index (χ3v) is 3.35. The summed E-state index contributed by atoms with van der Waals surface area (Å²) in [5.74, 6) is -0.432. The molecule has 1 aromatic rings. The zero-order chi connectivity index (χ0) is 15.2. The maximum atomic E-state index is 12.1. The molecule has 1 aromatic carbocycles. The summed E-state index contributed by atoms with van der Waals surface area (Å²) in [6, 6.07) is 9.26. The highest BCUT2D eigenvalue weighted by atomic mass is 16.3. The standard InChI is InChI=1S/C15H19N3O3/c1-18-14(20)8-7-13(17-18)15(21)16-12(10-19)9-11-5-3-2-4-6-11/h2-6,12,19H,7-10H2,1H3,(H,16,21)/t12-/m0/s1. The van der Waals surface area contributed by atoms with Gasteiger partial charge >= 0.3 is 0 Å². The zero-order valence-electron chi connectivity index (χ0n) is 12.0. The molecule has 0 saturated heterocycles. The van der Waals surface area contributed by atoms with Gasteiger partial charge in [-0.05, 0) is 12.0 Å². The number of nitrogens with one attached hydrogen (secondary N) is 1. The molecule has 0 radical (unpaired) electrons. The minimum Gasteiger partial charge on any atom is -0.394 e. The first kappa shape index (κ1) is 15.2. The third-order valence-electron chi connectivity index (χ3n) is 3.35. The SMILES string of the molecule is CN1N=C(C(=O)N[C@H](CO)Cc2ccccc2)CCC1=O. The molecule has 0 spiro atoms. The highest BCUT2D eigenvalue weighted by Gasteiger charge is 2.23. The van der Waals surface area contributed by atoms with Gasteiger partial charge in [-0.3, -0.25) is 9.59 Å². The summed E-state index contributed by atoms with van der Waals surface area (Å²) in [6.07, 6.45) is 1.16. The lowest BCUT2D eigenvalue weighted by atomic mass is 10.1. The maximum Gasteiger partial charge on any atom is 0.267 e. The monoisotopic (exact) mass is 289 g/mol. The van der Waals surface area contributed by atoms with E-state index in [-0.39, 0.29) is 30.9 Å². The van der Waals surface area contributed by atoms with Gasteiger partial charge in [-0.1, -0.05) is 30.3 Å². The fourth-order valence-electron chi connectivity index (χ4n) is 2.16. The predicted molar refractivity (Wildman–Crippen MR) is 78.6 cm³/mol.